The van der Waals surface area contributed by atoms with Crippen molar-refractivity contribution in [2.75, 3.05) is 7.05 Å². The monoisotopic (exact) mass is 300 g/mol. The molecule has 0 atom stereocenters. The van der Waals surface area contributed by atoms with Gasteiger partial charge in [0, 0.05) is 18.1 Å². The molecule has 110 valence electrons. The highest BCUT2D eigenvalue weighted by atomic mass is 32.1. The maximum atomic E-state index is 12.9. The average molecular weight is 300 g/mol. The molecule has 1 aromatic carbocycles. The van der Waals surface area contributed by atoms with Crippen molar-refractivity contribution >= 4 is 17.2 Å². The number of benzene rings is 1. The van der Waals surface area contributed by atoms with E-state index in [2.05, 4.69) is 30.1 Å². The first kappa shape index (κ1) is 14.3. The molecule has 2 aromatic rings. The van der Waals surface area contributed by atoms with Gasteiger partial charge in [-0.1, -0.05) is 29.8 Å². The minimum Gasteiger partial charge on any atom is -0.340 e. The molecule has 0 aliphatic heterocycles. The summed E-state index contributed by atoms with van der Waals surface area (Å²) in [5, 5.41) is 1.05. The first-order valence-electron chi connectivity index (χ1n) is 7.25. The molecule has 0 saturated heterocycles. The van der Waals surface area contributed by atoms with Crippen LogP contribution in [0.3, 0.4) is 0 Å². The number of rotatable bonds is 4. The summed E-state index contributed by atoms with van der Waals surface area (Å²) in [6.07, 6.45) is 3.79. The summed E-state index contributed by atoms with van der Waals surface area (Å²) in [5.74, 6) is 0.235. The van der Waals surface area contributed by atoms with Crippen molar-refractivity contribution in [2.24, 2.45) is 0 Å². The Labute approximate surface area is 129 Å². The zero-order valence-corrected chi connectivity index (χ0v) is 13.5. The normalized spacial score (nSPS) is 15.8. The Morgan fingerprint density at radius 3 is 2.71 bits per heavy atom. The second-order valence-corrected chi connectivity index (χ2v) is 7.28. The van der Waals surface area contributed by atoms with Gasteiger partial charge in [-0.2, -0.15) is 0 Å². The molecular formula is C17H20N2OS. The number of hydrogen-bond acceptors (Lipinski definition) is 3. The van der Waals surface area contributed by atoms with Crippen molar-refractivity contribution < 1.29 is 4.79 Å². The summed E-state index contributed by atoms with van der Waals surface area (Å²) in [7, 11) is 1.90. The Morgan fingerprint density at radius 1 is 1.38 bits per heavy atom. The number of carbonyl (C=O) groups excluding carboxylic acids is 1. The fraction of sp³-hybridized carbons (Fsp3) is 0.412. The van der Waals surface area contributed by atoms with Crippen LogP contribution >= 0.6 is 11.3 Å². The van der Waals surface area contributed by atoms with Gasteiger partial charge < -0.3 is 4.90 Å². The maximum Gasteiger partial charge on any atom is 0.233 e. The molecule has 1 heterocycles. The van der Waals surface area contributed by atoms with Gasteiger partial charge in [-0.15, -0.1) is 11.3 Å². The fourth-order valence-corrected chi connectivity index (χ4v) is 3.69. The Kier molecular flexibility index (Phi) is 3.57. The smallest absolute Gasteiger partial charge is 0.233 e. The molecule has 1 fully saturated rings. The molecular weight excluding hydrogens is 280 g/mol. The lowest BCUT2D eigenvalue weighted by molar-refractivity contribution is -0.133. The van der Waals surface area contributed by atoms with E-state index >= 15 is 0 Å². The third-order valence-corrected chi connectivity index (χ3v) is 5.04. The SMILES string of the molecule is Cc1cccc(C2(C(=O)N(C)Cc3cnc(C)s3)CC2)c1. The van der Waals surface area contributed by atoms with Crippen LogP contribution in [0.5, 0.6) is 0 Å². The van der Waals surface area contributed by atoms with Crippen LogP contribution in [0.4, 0.5) is 0 Å². The second kappa shape index (κ2) is 5.26. The van der Waals surface area contributed by atoms with Crippen molar-refractivity contribution in [3.05, 3.63) is 51.5 Å². The van der Waals surface area contributed by atoms with Crippen molar-refractivity contribution in [3.8, 4) is 0 Å². The number of amides is 1. The number of aryl methyl sites for hydroxylation is 2. The molecule has 3 nitrogen and oxygen atoms in total. The lowest BCUT2D eigenvalue weighted by Crippen LogP contribution is -2.36. The van der Waals surface area contributed by atoms with E-state index in [1.807, 2.05) is 31.1 Å². The van der Waals surface area contributed by atoms with Crippen LogP contribution in [0, 0.1) is 13.8 Å². The maximum absolute atomic E-state index is 12.9. The first-order valence-corrected chi connectivity index (χ1v) is 8.07. The average Bonchev–Trinajstić information content (AvgIpc) is 3.17. The molecule has 0 unspecified atom stereocenters. The third kappa shape index (κ3) is 2.72. The van der Waals surface area contributed by atoms with Crippen LogP contribution < -0.4 is 0 Å². The van der Waals surface area contributed by atoms with Gasteiger partial charge in [-0.25, -0.2) is 4.98 Å². The van der Waals surface area contributed by atoms with Gasteiger partial charge in [0.25, 0.3) is 0 Å². The summed E-state index contributed by atoms with van der Waals surface area (Å²) in [6.45, 7) is 4.72. The van der Waals surface area contributed by atoms with Crippen LogP contribution in [-0.2, 0) is 16.8 Å². The van der Waals surface area contributed by atoms with Crippen molar-refractivity contribution in [1.29, 1.82) is 0 Å². The van der Waals surface area contributed by atoms with Gasteiger partial charge in [0.05, 0.1) is 17.0 Å². The van der Waals surface area contributed by atoms with Crippen LogP contribution in [0.2, 0.25) is 0 Å². The third-order valence-electron chi connectivity index (χ3n) is 4.14. The Hall–Kier alpha value is -1.68. The molecule has 1 aliphatic rings. The molecule has 0 N–H and O–H groups in total. The molecule has 1 aromatic heterocycles. The number of thiazole rings is 1. The summed E-state index contributed by atoms with van der Waals surface area (Å²) < 4.78 is 0. The van der Waals surface area contributed by atoms with E-state index in [1.165, 1.54) is 11.1 Å². The number of carbonyl (C=O) groups is 1. The molecule has 21 heavy (non-hydrogen) atoms. The summed E-state index contributed by atoms with van der Waals surface area (Å²) in [5.41, 5.74) is 2.10. The molecule has 0 radical (unpaired) electrons. The van der Waals surface area contributed by atoms with E-state index in [0.717, 1.165) is 22.7 Å². The predicted molar refractivity (Wildman–Crippen MR) is 85.4 cm³/mol. The number of likely N-dealkylation sites (N-methyl/N-ethyl adjacent to an activating group) is 1. The lowest BCUT2D eigenvalue weighted by atomic mass is 9.93. The summed E-state index contributed by atoms with van der Waals surface area (Å²) >= 11 is 1.66. The second-order valence-electron chi connectivity index (χ2n) is 5.96. The summed E-state index contributed by atoms with van der Waals surface area (Å²) in [6, 6.07) is 8.36. The van der Waals surface area contributed by atoms with Crippen molar-refractivity contribution in [2.45, 2.75) is 38.6 Å². The van der Waals surface area contributed by atoms with Gasteiger partial charge in [-0.3, -0.25) is 4.79 Å². The molecule has 3 rings (SSSR count). The van der Waals surface area contributed by atoms with E-state index in [0.29, 0.717) is 6.54 Å². The molecule has 1 saturated carbocycles. The summed E-state index contributed by atoms with van der Waals surface area (Å²) in [4.78, 5) is 20.1. The highest BCUT2D eigenvalue weighted by Gasteiger charge is 2.52. The highest BCUT2D eigenvalue weighted by Crippen LogP contribution is 2.49. The van der Waals surface area contributed by atoms with E-state index in [4.69, 9.17) is 0 Å². The highest BCUT2D eigenvalue weighted by molar-refractivity contribution is 7.11. The Morgan fingerprint density at radius 2 is 2.14 bits per heavy atom. The van der Waals surface area contributed by atoms with Crippen LogP contribution in [0.25, 0.3) is 0 Å². The molecule has 0 bridgehead atoms. The lowest BCUT2D eigenvalue weighted by Gasteiger charge is -2.23. The molecule has 1 amide bonds. The zero-order chi connectivity index (χ0) is 15.0. The standard InChI is InChI=1S/C17H20N2OS/c1-12-5-4-6-14(9-12)17(7-8-17)16(20)19(3)11-15-10-18-13(2)21-15/h4-6,9-10H,7-8,11H2,1-3H3. The molecule has 0 spiro atoms. The van der Waals surface area contributed by atoms with Crippen LogP contribution in [-0.4, -0.2) is 22.8 Å². The molecule has 1 aliphatic carbocycles. The Balaban J connectivity index is 1.78. The number of aromatic nitrogens is 1. The van der Waals surface area contributed by atoms with Crippen LogP contribution in [0.1, 0.15) is 33.9 Å². The number of nitrogens with zero attached hydrogens (tertiary/aromatic N) is 2. The van der Waals surface area contributed by atoms with E-state index in [9.17, 15) is 4.79 Å². The minimum absolute atomic E-state index is 0.235. The first-order chi connectivity index (χ1) is 10.0. The zero-order valence-electron chi connectivity index (χ0n) is 12.7. The van der Waals surface area contributed by atoms with Gasteiger partial charge in [0.1, 0.15) is 0 Å². The van der Waals surface area contributed by atoms with Crippen molar-refractivity contribution in [1.82, 2.24) is 9.88 Å². The topological polar surface area (TPSA) is 33.2 Å². The van der Waals surface area contributed by atoms with Gasteiger partial charge >= 0.3 is 0 Å². The van der Waals surface area contributed by atoms with Crippen LogP contribution in [0.15, 0.2) is 30.5 Å². The van der Waals surface area contributed by atoms with Gasteiger partial charge in [-0.05, 0) is 32.3 Å². The Bertz CT molecular complexity index is 673. The fourth-order valence-electron chi connectivity index (χ4n) is 2.84. The predicted octanol–water partition coefficient (Wildman–Crippen LogP) is 3.45. The molecule has 4 heteroatoms. The quantitative estimate of drug-likeness (QED) is 0.866. The van der Waals surface area contributed by atoms with E-state index < -0.39 is 0 Å². The van der Waals surface area contributed by atoms with Crippen molar-refractivity contribution in [3.63, 3.8) is 0 Å². The van der Waals surface area contributed by atoms with Gasteiger partial charge in [0.2, 0.25) is 5.91 Å². The number of hydrogen-bond donors (Lipinski definition) is 0. The van der Waals surface area contributed by atoms with E-state index in [-0.39, 0.29) is 11.3 Å². The van der Waals surface area contributed by atoms with Gasteiger partial charge in [0.15, 0.2) is 0 Å². The van der Waals surface area contributed by atoms with E-state index in [1.54, 1.807) is 11.3 Å². The minimum atomic E-state index is -0.277. The largest absolute Gasteiger partial charge is 0.340 e.